The minimum atomic E-state index is -1.16. The molecule has 0 saturated carbocycles. The lowest BCUT2D eigenvalue weighted by Crippen LogP contribution is -2.70. The number of carbonyl (C=O) groups excluding carboxylic acids is 2. The molecule has 10 heteroatoms. The summed E-state index contributed by atoms with van der Waals surface area (Å²) in [5, 5.41) is 25.2. The van der Waals surface area contributed by atoms with Crippen LogP contribution in [0.4, 0.5) is 11.5 Å². The lowest BCUT2D eigenvalue weighted by Gasteiger charge is -2.45. The van der Waals surface area contributed by atoms with Gasteiger partial charge in [-0.2, -0.15) is 10.5 Å². The number of nitrogen functional groups attached to an aromatic ring is 1. The second-order valence-electron chi connectivity index (χ2n) is 9.60. The Bertz CT molecular complexity index is 1680. The zero-order valence-corrected chi connectivity index (χ0v) is 21.1. The number of fused-ring (bicyclic) bond motifs is 1. The summed E-state index contributed by atoms with van der Waals surface area (Å²) in [6.45, 7) is 3.08. The molecule has 1 fully saturated rings. The van der Waals surface area contributed by atoms with E-state index in [0.717, 1.165) is 27.6 Å². The number of aryl methyl sites for hydroxylation is 1. The van der Waals surface area contributed by atoms with Crippen molar-refractivity contribution in [1.29, 1.82) is 10.5 Å². The second-order valence-corrected chi connectivity index (χ2v) is 9.60. The van der Waals surface area contributed by atoms with Crippen LogP contribution in [0, 0.1) is 29.6 Å². The minimum Gasteiger partial charge on any atom is -0.398 e. The maximum atomic E-state index is 12.7. The van der Waals surface area contributed by atoms with E-state index in [9.17, 15) is 14.9 Å². The molecule has 5 rings (SSSR count). The normalized spacial score (nSPS) is 14.0. The molecule has 2 aromatic heterocycles. The summed E-state index contributed by atoms with van der Waals surface area (Å²) in [6.07, 6.45) is 5.03. The van der Waals surface area contributed by atoms with Crippen LogP contribution in [0.5, 0.6) is 0 Å². The van der Waals surface area contributed by atoms with Crippen LogP contribution in [0.3, 0.4) is 0 Å². The molecule has 192 valence electrons. The van der Waals surface area contributed by atoms with Crippen LogP contribution in [0.2, 0.25) is 0 Å². The van der Waals surface area contributed by atoms with Crippen molar-refractivity contribution >= 4 is 34.1 Å². The molecule has 39 heavy (non-hydrogen) atoms. The van der Waals surface area contributed by atoms with Crippen LogP contribution in [-0.4, -0.2) is 45.3 Å². The zero-order chi connectivity index (χ0) is 27.6. The van der Waals surface area contributed by atoms with Gasteiger partial charge in [0.15, 0.2) is 5.54 Å². The smallest absolute Gasteiger partial charge is 0.314 e. The van der Waals surface area contributed by atoms with Crippen LogP contribution >= 0.6 is 0 Å². The summed E-state index contributed by atoms with van der Waals surface area (Å²) in [5.41, 5.74) is 10.0. The number of benzene rings is 2. The molecule has 1 aliphatic heterocycles. The Kier molecular flexibility index (Phi) is 6.63. The SMILES string of the molecule is Cc1ccncc1-c1cc(N)c2cnc(NC(=O)C(=O)NC3(C#N)CN(Cc4ccc(C#N)cc4)C3)cc2c1. The van der Waals surface area contributed by atoms with Crippen LogP contribution in [0.1, 0.15) is 16.7 Å². The lowest BCUT2D eigenvalue weighted by molar-refractivity contribution is -0.138. The topological polar surface area (TPSA) is 161 Å². The molecule has 10 nitrogen and oxygen atoms in total. The van der Waals surface area contributed by atoms with E-state index in [4.69, 9.17) is 11.0 Å². The highest BCUT2D eigenvalue weighted by Gasteiger charge is 2.45. The number of hydrogen-bond acceptors (Lipinski definition) is 8. The first-order valence-corrected chi connectivity index (χ1v) is 12.2. The first kappa shape index (κ1) is 25.3. The first-order chi connectivity index (χ1) is 18.8. The van der Waals surface area contributed by atoms with Crippen molar-refractivity contribution in [3.8, 4) is 23.3 Å². The fraction of sp³-hybridized carbons (Fsp3) is 0.172. The zero-order valence-electron chi connectivity index (χ0n) is 21.1. The van der Waals surface area contributed by atoms with Gasteiger partial charge in [0, 0.05) is 54.9 Å². The Morgan fingerprint density at radius 3 is 2.54 bits per heavy atom. The minimum absolute atomic E-state index is 0.184. The molecule has 0 bridgehead atoms. The monoisotopic (exact) mass is 516 g/mol. The van der Waals surface area contributed by atoms with Crippen molar-refractivity contribution in [2.45, 2.75) is 19.0 Å². The number of nitrogens with zero attached hydrogens (tertiary/aromatic N) is 5. The third-order valence-electron chi connectivity index (χ3n) is 6.71. The van der Waals surface area contributed by atoms with Gasteiger partial charge in [0.25, 0.3) is 0 Å². The number of nitrogens with two attached hydrogens (primary N) is 1. The number of carbonyl (C=O) groups is 2. The maximum Gasteiger partial charge on any atom is 0.314 e. The van der Waals surface area contributed by atoms with Crippen molar-refractivity contribution in [3.05, 3.63) is 83.8 Å². The third-order valence-corrected chi connectivity index (χ3v) is 6.71. The standard InChI is InChI=1S/C29H24N8O2/c1-18-6-7-33-12-23(18)21-8-22-10-26(34-13-24(22)25(32)9-21)35-27(38)28(39)36-29(15-31)16-37(17-29)14-20-4-2-19(11-30)3-5-20/h2-10,12-13H,14,16-17,32H2,1H3,(H,36,39)(H,34,35,38). The van der Waals surface area contributed by atoms with E-state index in [1.807, 2.05) is 42.2 Å². The van der Waals surface area contributed by atoms with Crippen molar-refractivity contribution in [3.63, 3.8) is 0 Å². The molecule has 1 aliphatic rings. The van der Waals surface area contributed by atoms with Crippen LogP contribution < -0.4 is 16.4 Å². The number of nitrogens with one attached hydrogen (secondary N) is 2. The summed E-state index contributed by atoms with van der Waals surface area (Å²) in [4.78, 5) is 35.7. The summed E-state index contributed by atoms with van der Waals surface area (Å²) in [6, 6.07) is 18.7. The predicted molar refractivity (Wildman–Crippen MR) is 146 cm³/mol. The molecular formula is C29H24N8O2. The Balaban J connectivity index is 1.24. The van der Waals surface area contributed by atoms with Gasteiger partial charge in [0.05, 0.1) is 17.7 Å². The van der Waals surface area contributed by atoms with Crippen LogP contribution in [0.15, 0.2) is 67.1 Å². The van der Waals surface area contributed by atoms with Gasteiger partial charge >= 0.3 is 11.8 Å². The molecule has 0 radical (unpaired) electrons. The van der Waals surface area contributed by atoms with E-state index < -0.39 is 17.4 Å². The number of rotatable bonds is 5. The molecule has 3 heterocycles. The molecule has 4 aromatic rings. The van der Waals surface area contributed by atoms with Gasteiger partial charge in [-0.3, -0.25) is 19.5 Å². The van der Waals surface area contributed by atoms with Crippen molar-refractivity contribution < 1.29 is 9.59 Å². The van der Waals surface area contributed by atoms with Crippen molar-refractivity contribution in [1.82, 2.24) is 20.2 Å². The van der Waals surface area contributed by atoms with Crippen LogP contribution in [0.25, 0.3) is 21.9 Å². The number of pyridine rings is 2. The number of hydrogen-bond donors (Lipinski definition) is 3. The molecule has 0 aliphatic carbocycles. The molecule has 1 saturated heterocycles. The highest BCUT2D eigenvalue weighted by Crippen LogP contribution is 2.31. The van der Waals surface area contributed by atoms with E-state index in [1.165, 1.54) is 0 Å². The van der Waals surface area contributed by atoms with Gasteiger partial charge in [-0.05, 0) is 65.4 Å². The molecule has 2 amide bonds. The summed E-state index contributed by atoms with van der Waals surface area (Å²) < 4.78 is 0. The van der Waals surface area contributed by atoms with E-state index >= 15 is 0 Å². The largest absolute Gasteiger partial charge is 0.398 e. The Morgan fingerprint density at radius 2 is 1.85 bits per heavy atom. The summed E-state index contributed by atoms with van der Waals surface area (Å²) in [5.74, 6) is -1.66. The van der Waals surface area contributed by atoms with E-state index in [-0.39, 0.29) is 18.9 Å². The Hall–Kier alpha value is -5.32. The molecule has 2 aromatic carbocycles. The molecule has 0 unspecified atom stereocenters. The van der Waals surface area contributed by atoms with Crippen molar-refractivity contribution in [2.24, 2.45) is 0 Å². The summed E-state index contributed by atoms with van der Waals surface area (Å²) in [7, 11) is 0. The lowest BCUT2D eigenvalue weighted by atomic mass is 9.90. The van der Waals surface area contributed by atoms with Crippen molar-refractivity contribution in [2.75, 3.05) is 24.1 Å². The molecule has 0 atom stereocenters. The number of likely N-dealkylation sites (tertiary alicyclic amines) is 1. The fourth-order valence-corrected chi connectivity index (χ4v) is 4.67. The molecule has 0 spiro atoms. The van der Waals surface area contributed by atoms with Gasteiger partial charge in [-0.1, -0.05) is 12.1 Å². The third kappa shape index (κ3) is 5.23. The number of nitriles is 2. The van der Waals surface area contributed by atoms with Gasteiger partial charge in [0.2, 0.25) is 0 Å². The van der Waals surface area contributed by atoms with Gasteiger partial charge in [-0.15, -0.1) is 0 Å². The fourth-order valence-electron chi connectivity index (χ4n) is 4.67. The Labute approximate surface area is 224 Å². The number of anilines is 2. The van der Waals surface area contributed by atoms with Gasteiger partial charge in [-0.25, -0.2) is 4.98 Å². The quantitative estimate of drug-likeness (QED) is 0.269. The van der Waals surface area contributed by atoms with Crippen LogP contribution in [-0.2, 0) is 16.1 Å². The molecular weight excluding hydrogens is 492 g/mol. The summed E-state index contributed by atoms with van der Waals surface area (Å²) >= 11 is 0. The maximum absolute atomic E-state index is 12.7. The van der Waals surface area contributed by atoms with E-state index in [1.54, 1.807) is 36.8 Å². The van der Waals surface area contributed by atoms with Gasteiger partial charge < -0.3 is 16.4 Å². The number of amides is 2. The first-order valence-electron chi connectivity index (χ1n) is 12.2. The number of aromatic nitrogens is 2. The predicted octanol–water partition coefficient (Wildman–Crippen LogP) is 2.89. The highest BCUT2D eigenvalue weighted by atomic mass is 16.2. The average molecular weight is 517 g/mol. The Morgan fingerprint density at radius 1 is 1.08 bits per heavy atom. The second kappa shape index (κ2) is 10.2. The van der Waals surface area contributed by atoms with E-state index in [2.05, 4.69) is 32.7 Å². The highest BCUT2D eigenvalue weighted by molar-refractivity contribution is 6.39. The van der Waals surface area contributed by atoms with Gasteiger partial charge in [0.1, 0.15) is 5.82 Å². The average Bonchev–Trinajstić information content (AvgIpc) is 2.92. The molecule has 4 N–H and O–H groups in total. The van der Waals surface area contributed by atoms with E-state index in [0.29, 0.717) is 23.2 Å².